The number of nitrogens with zero attached hydrogens (tertiary/aromatic N) is 1. The van der Waals surface area contributed by atoms with E-state index >= 15 is 0 Å². The van der Waals surface area contributed by atoms with E-state index in [9.17, 15) is 19.7 Å². The fraction of sp³-hybridized carbons (Fsp3) is 0.0667. The van der Waals surface area contributed by atoms with E-state index in [2.05, 4.69) is 10.1 Å². The van der Waals surface area contributed by atoms with Crippen molar-refractivity contribution in [3.8, 4) is 0 Å². The highest BCUT2D eigenvalue weighted by molar-refractivity contribution is 6.31. The number of nitro benzene ring substituents is 1. The van der Waals surface area contributed by atoms with Crippen molar-refractivity contribution in [3.05, 3.63) is 68.7 Å². The first kappa shape index (κ1) is 16.4. The molecule has 0 saturated heterocycles. The van der Waals surface area contributed by atoms with Crippen LogP contribution in [-0.4, -0.2) is 23.9 Å². The van der Waals surface area contributed by atoms with Crippen LogP contribution >= 0.6 is 11.6 Å². The fourth-order valence-electron chi connectivity index (χ4n) is 1.89. The summed E-state index contributed by atoms with van der Waals surface area (Å²) in [6, 6.07) is 9.78. The Kier molecular flexibility index (Phi) is 4.92. The van der Waals surface area contributed by atoms with Gasteiger partial charge in [0.2, 0.25) is 0 Å². The predicted molar refractivity (Wildman–Crippen MR) is 83.8 cm³/mol. The van der Waals surface area contributed by atoms with Gasteiger partial charge >= 0.3 is 5.97 Å². The van der Waals surface area contributed by atoms with Crippen molar-refractivity contribution in [3.63, 3.8) is 0 Å². The summed E-state index contributed by atoms with van der Waals surface area (Å²) in [6.45, 7) is 0. The topological polar surface area (TPSA) is 98.5 Å². The highest BCUT2D eigenvalue weighted by Gasteiger charge is 2.21. The first-order valence-corrected chi connectivity index (χ1v) is 6.74. The van der Waals surface area contributed by atoms with Gasteiger partial charge in [0.15, 0.2) is 0 Å². The fourth-order valence-corrected chi connectivity index (χ4v) is 2.05. The molecule has 1 amide bonds. The molecule has 0 aliphatic rings. The minimum atomic E-state index is -0.689. The number of anilines is 1. The van der Waals surface area contributed by atoms with Crippen LogP contribution in [0.1, 0.15) is 20.7 Å². The molecule has 0 fully saturated rings. The standard InChI is InChI=1S/C15H11ClN2O5/c1-23-15(20)9-3-2-4-11(7-9)17-14(19)12-6-5-10(16)8-13(12)18(21)22/h2-8H,1H3,(H,17,19). The molecule has 1 N–H and O–H groups in total. The maximum absolute atomic E-state index is 12.2. The number of carbonyl (C=O) groups excluding carboxylic acids is 2. The van der Waals surface area contributed by atoms with Crippen LogP contribution in [0.25, 0.3) is 0 Å². The molecule has 2 aromatic carbocycles. The highest BCUT2D eigenvalue weighted by atomic mass is 35.5. The number of ether oxygens (including phenoxy) is 1. The second-order valence-electron chi connectivity index (χ2n) is 4.45. The molecule has 0 heterocycles. The van der Waals surface area contributed by atoms with Gasteiger partial charge in [0, 0.05) is 16.8 Å². The normalized spacial score (nSPS) is 10.0. The molecule has 0 aromatic heterocycles. The van der Waals surface area contributed by atoms with E-state index in [1.807, 2.05) is 0 Å². The van der Waals surface area contributed by atoms with E-state index in [0.717, 1.165) is 6.07 Å². The van der Waals surface area contributed by atoms with E-state index < -0.39 is 22.5 Å². The third-order valence-electron chi connectivity index (χ3n) is 2.94. The Morgan fingerprint density at radius 2 is 1.96 bits per heavy atom. The summed E-state index contributed by atoms with van der Waals surface area (Å²) >= 11 is 5.71. The minimum Gasteiger partial charge on any atom is -0.465 e. The zero-order chi connectivity index (χ0) is 17.0. The first-order valence-electron chi connectivity index (χ1n) is 6.36. The van der Waals surface area contributed by atoms with Gasteiger partial charge in [-0.25, -0.2) is 4.79 Å². The molecule has 0 bridgehead atoms. The van der Waals surface area contributed by atoms with Gasteiger partial charge in [0.1, 0.15) is 5.56 Å². The summed E-state index contributed by atoms with van der Waals surface area (Å²) in [6.07, 6.45) is 0. The van der Waals surface area contributed by atoms with Crippen LogP contribution in [0, 0.1) is 10.1 Å². The maximum Gasteiger partial charge on any atom is 0.337 e. The molecule has 7 nitrogen and oxygen atoms in total. The molecule has 0 radical (unpaired) electrons. The van der Waals surface area contributed by atoms with Crippen molar-refractivity contribution in [1.29, 1.82) is 0 Å². The second-order valence-corrected chi connectivity index (χ2v) is 4.88. The van der Waals surface area contributed by atoms with Crippen LogP contribution in [-0.2, 0) is 4.74 Å². The Bertz CT molecular complexity index is 791. The van der Waals surface area contributed by atoms with E-state index in [0.29, 0.717) is 5.69 Å². The van der Waals surface area contributed by atoms with Gasteiger partial charge in [0.25, 0.3) is 11.6 Å². The monoisotopic (exact) mass is 334 g/mol. The number of nitro groups is 1. The van der Waals surface area contributed by atoms with Crippen LogP contribution < -0.4 is 5.32 Å². The van der Waals surface area contributed by atoms with Crippen molar-refractivity contribution in [2.24, 2.45) is 0 Å². The van der Waals surface area contributed by atoms with Crippen molar-refractivity contribution in [2.75, 3.05) is 12.4 Å². The molecule has 0 saturated carbocycles. The molecule has 2 rings (SSSR count). The third-order valence-corrected chi connectivity index (χ3v) is 3.18. The summed E-state index contributed by atoms with van der Waals surface area (Å²) in [5.74, 6) is -1.24. The van der Waals surface area contributed by atoms with Gasteiger partial charge in [-0.1, -0.05) is 17.7 Å². The molecule has 23 heavy (non-hydrogen) atoms. The van der Waals surface area contributed by atoms with Crippen molar-refractivity contribution >= 4 is 34.9 Å². The van der Waals surface area contributed by atoms with Gasteiger partial charge in [-0.2, -0.15) is 0 Å². The summed E-state index contributed by atoms with van der Waals surface area (Å²) in [7, 11) is 1.24. The van der Waals surface area contributed by atoms with Crippen LogP contribution in [0.4, 0.5) is 11.4 Å². The summed E-state index contributed by atoms with van der Waals surface area (Å²) in [5.41, 5.74) is 0.0139. The first-order chi connectivity index (χ1) is 10.9. The summed E-state index contributed by atoms with van der Waals surface area (Å²) in [4.78, 5) is 34.0. The zero-order valence-electron chi connectivity index (χ0n) is 11.9. The maximum atomic E-state index is 12.2. The predicted octanol–water partition coefficient (Wildman–Crippen LogP) is 3.29. The molecule has 0 atom stereocenters. The van der Waals surface area contributed by atoms with E-state index in [1.165, 1.54) is 31.4 Å². The van der Waals surface area contributed by atoms with E-state index in [4.69, 9.17) is 11.6 Å². The lowest BCUT2D eigenvalue weighted by Crippen LogP contribution is -2.14. The SMILES string of the molecule is COC(=O)c1cccc(NC(=O)c2ccc(Cl)cc2[N+](=O)[O-])c1. The van der Waals surface area contributed by atoms with Gasteiger partial charge in [-0.05, 0) is 30.3 Å². The van der Waals surface area contributed by atoms with Crippen LogP contribution in [0.15, 0.2) is 42.5 Å². The number of benzene rings is 2. The number of nitrogens with one attached hydrogen (secondary N) is 1. The van der Waals surface area contributed by atoms with Crippen LogP contribution in [0.2, 0.25) is 5.02 Å². The molecule has 8 heteroatoms. The third kappa shape index (κ3) is 3.83. The number of methoxy groups -OCH3 is 1. The molecular formula is C15H11ClN2O5. The molecule has 2 aromatic rings. The molecule has 118 valence electrons. The number of hydrogen-bond acceptors (Lipinski definition) is 5. The lowest BCUT2D eigenvalue weighted by atomic mass is 10.1. The summed E-state index contributed by atoms with van der Waals surface area (Å²) < 4.78 is 4.59. The Hall–Kier alpha value is -2.93. The molecule has 0 unspecified atom stereocenters. The zero-order valence-corrected chi connectivity index (χ0v) is 12.7. The van der Waals surface area contributed by atoms with E-state index in [1.54, 1.807) is 12.1 Å². The smallest absolute Gasteiger partial charge is 0.337 e. The van der Waals surface area contributed by atoms with Gasteiger partial charge in [0.05, 0.1) is 17.6 Å². The second kappa shape index (κ2) is 6.89. The Morgan fingerprint density at radius 1 is 1.22 bits per heavy atom. The number of rotatable bonds is 4. The highest BCUT2D eigenvalue weighted by Crippen LogP contribution is 2.24. The largest absolute Gasteiger partial charge is 0.465 e. The molecule has 0 aliphatic heterocycles. The van der Waals surface area contributed by atoms with Gasteiger partial charge in [-0.15, -0.1) is 0 Å². The lowest BCUT2D eigenvalue weighted by molar-refractivity contribution is -0.385. The van der Waals surface area contributed by atoms with Crippen LogP contribution in [0.5, 0.6) is 0 Å². The Labute approximate surface area is 136 Å². The molecule has 0 spiro atoms. The Morgan fingerprint density at radius 3 is 2.61 bits per heavy atom. The summed E-state index contributed by atoms with van der Waals surface area (Å²) in [5, 5.41) is 13.7. The number of halogens is 1. The number of esters is 1. The lowest BCUT2D eigenvalue weighted by Gasteiger charge is -2.07. The molecule has 0 aliphatic carbocycles. The minimum absolute atomic E-state index is 0.136. The number of amides is 1. The number of hydrogen-bond donors (Lipinski definition) is 1. The molecular weight excluding hydrogens is 324 g/mol. The average Bonchev–Trinajstić information content (AvgIpc) is 2.54. The van der Waals surface area contributed by atoms with Gasteiger partial charge < -0.3 is 10.1 Å². The quantitative estimate of drug-likeness (QED) is 0.525. The van der Waals surface area contributed by atoms with Crippen molar-refractivity contribution < 1.29 is 19.2 Å². The van der Waals surface area contributed by atoms with Crippen molar-refractivity contribution in [2.45, 2.75) is 0 Å². The van der Waals surface area contributed by atoms with Crippen LogP contribution in [0.3, 0.4) is 0 Å². The number of carbonyl (C=O) groups is 2. The van der Waals surface area contributed by atoms with Crippen molar-refractivity contribution in [1.82, 2.24) is 0 Å². The Balaban J connectivity index is 2.30. The van der Waals surface area contributed by atoms with Gasteiger partial charge in [-0.3, -0.25) is 14.9 Å². The average molecular weight is 335 g/mol. The van der Waals surface area contributed by atoms with E-state index in [-0.39, 0.29) is 16.1 Å².